The predicted octanol–water partition coefficient (Wildman–Crippen LogP) is 5.71. The summed E-state index contributed by atoms with van der Waals surface area (Å²) in [4.78, 5) is 3.07. The number of aromatic amines is 1. The third kappa shape index (κ3) is 3.16. The van der Waals surface area contributed by atoms with Crippen molar-refractivity contribution in [2.75, 3.05) is 0 Å². The maximum Gasteiger partial charge on any atom is 0.178 e. The van der Waals surface area contributed by atoms with Gasteiger partial charge < -0.3 is 9.55 Å². The number of hydrogen-bond donors (Lipinski definition) is 1. The maximum atomic E-state index is 13.5. The first kappa shape index (κ1) is 15.0. The van der Waals surface area contributed by atoms with Gasteiger partial charge in [0.15, 0.2) is 4.77 Å². The van der Waals surface area contributed by atoms with E-state index in [0.29, 0.717) is 4.77 Å². The van der Waals surface area contributed by atoms with E-state index in [4.69, 9.17) is 23.8 Å². The van der Waals surface area contributed by atoms with Gasteiger partial charge in [-0.1, -0.05) is 37.8 Å². The molecule has 21 heavy (non-hydrogen) atoms. The van der Waals surface area contributed by atoms with Gasteiger partial charge in [0.1, 0.15) is 5.82 Å². The number of halogens is 2. The van der Waals surface area contributed by atoms with Crippen molar-refractivity contribution in [1.29, 1.82) is 0 Å². The fourth-order valence-corrected chi connectivity index (χ4v) is 3.96. The second-order valence-corrected chi connectivity index (χ2v) is 7.09. The van der Waals surface area contributed by atoms with Crippen molar-refractivity contribution in [1.82, 2.24) is 9.55 Å². The zero-order valence-corrected chi connectivity index (χ0v) is 13.7. The molecule has 2 atom stereocenters. The summed E-state index contributed by atoms with van der Waals surface area (Å²) in [5.74, 6) is 1.20. The van der Waals surface area contributed by atoms with Crippen LogP contribution in [0.4, 0.5) is 4.39 Å². The molecule has 2 nitrogen and oxygen atoms in total. The SMILES string of the molecule is CC1CCCC(CCn2c(=S)[nH]c3cc(F)c(Cl)cc32)C1. The number of aromatic nitrogens is 2. The Morgan fingerprint density at radius 1 is 1.43 bits per heavy atom. The molecule has 1 aromatic heterocycles. The van der Waals surface area contributed by atoms with Crippen molar-refractivity contribution in [3.05, 3.63) is 27.7 Å². The summed E-state index contributed by atoms with van der Waals surface area (Å²) in [6.45, 7) is 3.21. The molecule has 0 spiro atoms. The molecule has 1 saturated carbocycles. The lowest BCUT2D eigenvalue weighted by molar-refractivity contribution is 0.261. The summed E-state index contributed by atoms with van der Waals surface area (Å²) < 4.78 is 16.2. The molecule has 0 radical (unpaired) electrons. The molecule has 2 aromatic rings. The molecule has 1 aromatic carbocycles. The molecule has 1 aliphatic carbocycles. The van der Waals surface area contributed by atoms with Gasteiger partial charge in [0.25, 0.3) is 0 Å². The van der Waals surface area contributed by atoms with E-state index in [9.17, 15) is 4.39 Å². The number of hydrogen-bond acceptors (Lipinski definition) is 1. The van der Waals surface area contributed by atoms with E-state index in [0.717, 1.165) is 35.8 Å². The summed E-state index contributed by atoms with van der Waals surface area (Å²) in [5, 5.41) is 0.150. The van der Waals surface area contributed by atoms with Gasteiger partial charge in [0.2, 0.25) is 0 Å². The van der Waals surface area contributed by atoms with E-state index in [-0.39, 0.29) is 5.02 Å². The minimum absolute atomic E-state index is 0.150. The maximum absolute atomic E-state index is 13.5. The van der Waals surface area contributed by atoms with Crippen LogP contribution in [-0.4, -0.2) is 9.55 Å². The molecular weight excluding hydrogens is 307 g/mol. The third-order valence-electron chi connectivity index (χ3n) is 4.62. The molecule has 1 fully saturated rings. The van der Waals surface area contributed by atoms with Crippen LogP contribution in [0.3, 0.4) is 0 Å². The van der Waals surface area contributed by atoms with E-state index in [1.54, 1.807) is 6.07 Å². The van der Waals surface area contributed by atoms with Crippen LogP contribution in [0.2, 0.25) is 5.02 Å². The topological polar surface area (TPSA) is 20.7 Å². The highest BCUT2D eigenvalue weighted by Crippen LogP contribution is 2.31. The number of imidazole rings is 1. The molecule has 0 bridgehead atoms. The summed E-state index contributed by atoms with van der Waals surface area (Å²) in [6, 6.07) is 3.09. The Morgan fingerprint density at radius 3 is 3.00 bits per heavy atom. The van der Waals surface area contributed by atoms with Gasteiger partial charge in [0.05, 0.1) is 16.1 Å². The second-order valence-electron chi connectivity index (χ2n) is 6.29. The van der Waals surface area contributed by atoms with Gasteiger partial charge in [-0.25, -0.2) is 4.39 Å². The Kier molecular flexibility index (Phi) is 4.36. The zero-order chi connectivity index (χ0) is 15.0. The molecule has 0 saturated heterocycles. The van der Waals surface area contributed by atoms with E-state index >= 15 is 0 Å². The van der Waals surface area contributed by atoms with Crippen LogP contribution in [0, 0.1) is 22.4 Å². The summed E-state index contributed by atoms with van der Waals surface area (Å²) >= 11 is 11.3. The summed E-state index contributed by atoms with van der Waals surface area (Å²) in [7, 11) is 0. The largest absolute Gasteiger partial charge is 0.330 e. The van der Waals surface area contributed by atoms with Crippen LogP contribution < -0.4 is 0 Å². The van der Waals surface area contributed by atoms with E-state index in [1.165, 1.54) is 31.7 Å². The highest BCUT2D eigenvalue weighted by Gasteiger charge is 2.19. The number of nitrogens with zero attached hydrogens (tertiary/aromatic N) is 1. The number of rotatable bonds is 3. The smallest absolute Gasteiger partial charge is 0.178 e. The standard InChI is InChI=1S/C16H20ClFN2S/c1-10-3-2-4-11(7-10)5-6-20-15-8-12(17)13(18)9-14(15)19-16(20)21/h8-11H,2-7H2,1H3,(H,19,21). The first-order valence-corrected chi connectivity index (χ1v) is 8.41. The fraction of sp³-hybridized carbons (Fsp3) is 0.562. The highest BCUT2D eigenvalue weighted by atomic mass is 35.5. The van der Waals surface area contributed by atoms with Crippen molar-refractivity contribution < 1.29 is 4.39 Å². The first-order chi connectivity index (χ1) is 10.0. The number of fused-ring (bicyclic) bond motifs is 1. The average Bonchev–Trinajstić information content (AvgIpc) is 2.72. The van der Waals surface area contributed by atoms with E-state index < -0.39 is 5.82 Å². The number of H-pyrrole nitrogens is 1. The molecule has 1 N–H and O–H groups in total. The normalized spacial score (nSPS) is 22.8. The van der Waals surface area contributed by atoms with Crippen LogP contribution in [0.5, 0.6) is 0 Å². The monoisotopic (exact) mass is 326 g/mol. The lowest BCUT2D eigenvalue weighted by atomic mass is 9.81. The minimum atomic E-state index is -0.409. The van der Waals surface area contributed by atoms with Crippen molar-refractivity contribution in [2.45, 2.75) is 45.6 Å². The predicted molar refractivity (Wildman–Crippen MR) is 87.8 cm³/mol. The Labute approximate surface area is 134 Å². The van der Waals surface area contributed by atoms with Gasteiger partial charge >= 0.3 is 0 Å². The summed E-state index contributed by atoms with van der Waals surface area (Å²) in [5.41, 5.74) is 1.62. The molecule has 1 heterocycles. The number of nitrogens with one attached hydrogen (secondary N) is 1. The Bertz CT molecular complexity index is 706. The molecule has 3 rings (SSSR count). The first-order valence-electron chi connectivity index (χ1n) is 7.62. The zero-order valence-electron chi connectivity index (χ0n) is 12.2. The Hall–Kier alpha value is -0.870. The molecule has 2 unspecified atom stereocenters. The summed E-state index contributed by atoms with van der Waals surface area (Å²) in [6.07, 6.45) is 6.45. The van der Waals surface area contributed by atoms with Crippen molar-refractivity contribution in [3.63, 3.8) is 0 Å². The van der Waals surface area contributed by atoms with Crippen molar-refractivity contribution in [2.24, 2.45) is 11.8 Å². The molecule has 114 valence electrons. The van der Waals surface area contributed by atoms with Crippen LogP contribution in [-0.2, 0) is 6.54 Å². The molecule has 1 aliphatic rings. The fourth-order valence-electron chi connectivity index (χ4n) is 3.51. The third-order valence-corrected chi connectivity index (χ3v) is 5.23. The van der Waals surface area contributed by atoms with Crippen molar-refractivity contribution in [3.8, 4) is 0 Å². The molecule has 5 heteroatoms. The van der Waals surface area contributed by atoms with E-state index in [2.05, 4.69) is 16.5 Å². The van der Waals surface area contributed by atoms with Gasteiger partial charge in [-0.3, -0.25) is 0 Å². The lowest BCUT2D eigenvalue weighted by Gasteiger charge is -2.26. The van der Waals surface area contributed by atoms with Gasteiger partial charge in [-0.05, 0) is 43.0 Å². The van der Waals surface area contributed by atoms with Gasteiger partial charge in [-0.2, -0.15) is 0 Å². The highest BCUT2D eigenvalue weighted by molar-refractivity contribution is 7.71. The number of benzene rings is 1. The van der Waals surface area contributed by atoms with Crippen LogP contribution >= 0.6 is 23.8 Å². The number of aryl methyl sites for hydroxylation is 1. The van der Waals surface area contributed by atoms with E-state index in [1.807, 2.05) is 0 Å². The molecule has 0 amide bonds. The van der Waals surface area contributed by atoms with Crippen LogP contribution in [0.1, 0.15) is 39.0 Å². The minimum Gasteiger partial charge on any atom is -0.330 e. The van der Waals surface area contributed by atoms with Crippen LogP contribution in [0.25, 0.3) is 11.0 Å². The van der Waals surface area contributed by atoms with Gasteiger partial charge in [0, 0.05) is 12.6 Å². The lowest BCUT2D eigenvalue weighted by Crippen LogP contribution is -2.15. The quantitative estimate of drug-likeness (QED) is 0.717. The Balaban J connectivity index is 1.82. The second kappa shape index (κ2) is 6.09. The average molecular weight is 327 g/mol. The van der Waals surface area contributed by atoms with Gasteiger partial charge in [-0.15, -0.1) is 0 Å². The van der Waals surface area contributed by atoms with Crippen molar-refractivity contribution >= 4 is 34.9 Å². The molecule has 0 aliphatic heterocycles. The Morgan fingerprint density at radius 2 is 2.24 bits per heavy atom. The molecular formula is C16H20ClFN2S. The van der Waals surface area contributed by atoms with Crippen LogP contribution in [0.15, 0.2) is 12.1 Å².